The molecule has 3 rings (SSSR count). The van der Waals surface area contributed by atoms with Gasteiger partial charge in [-0.3, -0.25) is 4.79 Å². The van der Waals surface area contributed by atoms with Crippen molar-refractivity contribution in [2.45, 2.75) is 30.1 Å². The van der Waals surface area contributed by atoms with Gasteiger partial charge in [0.1, 0.15) is 0 Å². The van der Waals surface area contributed by atoms with Crippen molar-refractivity contribution in [1.29, 1.82) is 0 Å². The molecule has 8 heteroatoms. The van der Waals surface area contributed by atoms with E-state index in [4.69, 9.17) is 5.73 Å². The van der Waals surface area contributed by atoms with Crippen LogP contribution in [0, 0.1) is 0 Å². The van der Waals surface area contributed by atoms with Gasteiger partial charge in [0, 0.05) is 11.8 Å². The molecule has 1 amide bonds. The van der Waals surface area contributed by atoms with Crippen molar-refractivity contribution in [2.75, 3.05) is 5.75 Å². The second-order valence-corrected chi connectivity index (χ2v) is 5.90. The molecule has 1 aliphatic rings. The number of aromatic nitrogens is 4. The Morgan fingerprint density at radius 2 is 2.19 bits per heavy atom. The zero-order chi connectivity index (χ0) is 14.7. The smallest absolute Gasteiger partial charge is 0.235 e. The third-order valence-corrected chi connectivity index (χ3v) is 4.19. The Morgan fingerprint density at radius 3 is 2.86 bits per heavy atom. The van der Waals surface area contributed by atoms with E-state index in [1.165, 1.54) is 11.8 Å². The fourth-order valence-electron chi connectivity index (χ4n) is 1.90. The van der Waals surface area contributed by atoms with E-state index in [0.717, 1.165) is 18.5 Å². The number of carbonyl (C=O) groups excluding carboxylic acids is 1. The molecule has 7 nitrogen and oxygen atoms in total. The first-order valence-electron chi connectivity index (χ1n) is 6.76. The molecular formula is C13H16N6OS. The number of thioether (sulfide) groups is 1. The van der Waals surface area contributed by atoms with Gasteiger partial charge in [0.2, 0.25) is 11.1 Å². The summed E-state index contributed by atoms with van der Waals surface area (Å²) >= 11 is 1.42. The fourth-order valence-corrected chi connectivity index (χ4v) is 2.84. The number of rotatable bonds is 7. The molecular weight excluding hydrogens is 288 g/mol. The molecule has 21 heavy (non-hydrogen) atoms. The number of nitrogens with one attached hydrogen (secondary N) is 1. The van der Waals surface area contributed by atoms with Crippen molar-refractivity contribution < 1.29 is 4.79 Å². The molecule has 1 heterocycles. The molecule has 1 aromatic carbocycles. The van der Waals surface area contributed by atoms with Gasteiger partial charge in [-0.1, -0.05) is 30.0 Å². The van der Waals surface area contributed by atoms with Crippen LogP contribution in [0.3, 0.4) is 0 Å². The summed E-state index contributed by atoms with van der Waals surface area (Å²) in [6, 6.07) is 9.70. The number of benzene rings is 1. The molecule has 1 unspecified atom stereocenters. The van der Waals surface area contributed by atoms with E-state index < -0.39 is 0 Å². The Balaban J connectivity index is 1.67. The summed E-state index contributed by atoms with van der Waals surface area (Å²) in [6.45, 7) is 0. The summed E-state index contributed by atoms with van der Waals surface area (Å²) in [5.74, 6) is 0.173. The number of hydrogen-bond donors (Lipinski definition) is 2. The standard InChI is InChI=1S/C13H16N6OS/c14-12(20)11(15-9-6-7-9)8-21-13-16-17-18-19(13)10-4-2-1-3-5-10/h1-5,9,11,15H,6-8H2,(H2,14,20). The molecule has 0 saturated heterocycles. The molecule has 0 bridgehead atoms. The first-order valence-corrected chi connectivity index (χ1v) is 7.74. The molecule has 1 saturated carbocycles. The number of primary amides is 1. The van der Waals surface area contributed by atoms with E-state index in [9.17, 15) is 4.79 Å². The number of nitrogens with zero attached hydrogens (tertiary/aromatic N) is 4. The number of hydrogen-bond acceptors (Lipinski definition) is 6. The maximum Gasteiger partial charge on any atom is 0.235 e. The van der Waals surface area contributed by atoms with Gasteiger partial charge in [-0.2, -0.15) is 4.68 Å². The van der Waals surface area contributed by atoms with Gasteiger partial charge in [0.25, 0.3) is 0 Å². The fraction of sp³-hybridized carbons (Fsp3) is 0.385. The van der Waals surface area contributed by atoms with Crippen LogP contribution in [-0.2, 0) is 4.79 Å². The van der Waals surface area contributed by atoms with Gasteiger partial charge in [-0.25, -0.2) is 0 Å². The number of para-hydroxylation sites is 1. The maximum atomic E-state index is 11.5. The van der Waals surface area contributed by atoms with Crippen LogP contribution in [0.1, 0.15) is 12.8 Å². The molecule has 1 aliphatic carbocycles. The Hall–Kier alpha value is -1.93. The molecule has 1 atom stereocenters. The molecule has 0 spiro atoms. The molecule has 1 aromatic heterocycles. The lowest BCUT2D eigenvalue weighted by Gasteiger charge is -2.14. The lowest BCUT2D eigenvalue weighted by Crippen LogP contribution is -2.44. The van der Waals surface area contributed by atoms with E-state index in [-0.39, 0.29) is 11.9 Å². The van der Waals surface area contributed by atoms with Crippen LogP contribution in [0.4, 0.5) is 0 Å². The lowest BCUT2D eigenvalue weighted by molar-refractivity contribution is -0.119. The number of amides is 1. The molecule has 0 radical (unpaired) electrons. The first-order chi connectivity index (χ1) is 10.2. The average molecular weight is 304 g/mol. The highest BCUT2D eigenvalue weighted by molar-refractivity contribution is 7.99. The topological polar surface area (TPSA) is 98.7 Å². The van der Waals surface area contributed by atoms with Crippen LogP contribution in [0.25, 0.3) is 5.69 Å². The summed E-state index contributed by atoms with van der Waals surface area (Å²) < 4.78 is 1.65. The summed E-state index contributed by atoms with van der Waals surface area (Å²) in [5, 5.41) is 15.6. The third-order valence-electron chi connectivity index (χ3n) is 3.18. The van der Waals surface area contributed by atoms with Crippen LogP contribution in [-0.4, -0.2) is 44.0 Å². The zero-order valence-corrected chi connectivity index (χ0v) is 12.2. The maximum absolute atomic E-state index is 11.5. The van der Waals surface area contributed by atoms with Crippen molar-refractivity contribution in [3.63, 3.8) is 0 Å². The highest BCUT2D eigenvalue weighted by Gasteiger charge is 2.27. The monoisotopic (exact) mass is 304 g/mol. The average Bonchev–Trinajstić information content (AvgIpc) is 3.19. The number of nitrogens with two attached hydrogens (primary N) is 1. The number of tetrazole rings is 1. The Bertz CT molecular complexity index is 612. The van der Waals surface area contributed by atoms with E-state index in [1.54, 1.807) is 4.68 Å². The van der Waals surface area contributed by atoms with E-state index in [1.807, 2.05) is 30.3 Å². The SMILES string of the molecule is NC(=O)C(CSc1nnnn1-c1ccccc1)NC1CC1. The van der Waals surface area contributed by atoms with Gasteiger partial charge in [-0.05, 0) is 35.4 Å². The third kappa shape index (κ3) is 3.59. The van der Waals surface area contributed by atoms with Crippen molar-refractivity contribution in [3.8, 4) is 5.69 Å². The van der Waals surface area contributed by atoms with Crippen molar-refractivity contribution in [3.05, 3.63) is 30.3 Å². The lowest BCUT2D eigenvalue weighted by atomic mass is 10.3. The summed E-state index contributed by atoms with van der Waals surface area (Å²) in [5.41, 5.74) is 6.31. The first kappa shape index (κ1) is 14.0. The van der Waals surface area contributed by atoms with Crippen molar-refractivity contribution in [2.24, 2.45) is 5.73 Å². The van der Waals surface area contributed by atoms with E-state index >= 15 is 0 Å². The minimum atomic E-state index is -0.358. The Kier molecular flexibility index (Phi) is 4.16. The summed E-state index contributed by atoms with van der Waals surface area (Å²) in [7, 11) is 0. The molecule has 0 aliphatic heterocycles. The van der Waals surface area contributed by atoms with Crippen LogP contribution >= 0.6 is 11.8 Å². The molecule has 3 N–H and O–H groups in total. The molecule has 2 aromatic rings. The highest BCUT2D eigenvalue weighted by Crippen LogP contribution is 2.22. The van der Waals surface area contributed by atoms with Gasteiger partial charge in [-0.15, -0.1) is 5.10 Å². The minimum Gasteiger partial charge on any atom is -0.368 e. The second kappa shape index (κ2) is 6.23. The quantitative estimate of drug-likeness (QED) is 0.717. The Labute approximate surface area is 126 Å². The Morgan fingerprint density at radius 1 is 1.43 bits per heavy atom. The van der Waals surface area contributed by atoms with Crippen LogP contribution in [0.15, 0.2) is 35.5 Å². The second-order valence-electron chi connectivity index (χ2n) is 4.92. The predicted molar refractivity (Wildman–Crippen MR) is 79.0 cm³/mol. The summed E-state index contributed by atoms with van der Waals surface area (Å²) in [4.78, 5) is 11.5. The van der Waals surface area contributed by atoms with Gasteiger partial charge < -0.3 is 11.1 Å². The zero-order valence-electron chi connectivity index (χ0n) is 11.3. The van der Waals surface area contributed by atoms with Gasteiger partial charge >= 0.3 is 0 Å². The van der Waals surface area contributed by atoms with Crippen LogP contribution in [0.5, 0.6) is 0 Å². The highest BCUT2D eigenvalue weighted by atomic mass is 32.2. The molecule has 110 valence electrons. The van der Waals surface area contributed by atoms with Crippen LogP contribution in [0.2, 0.25) is 0 Å². The predicted octanol–water partition coefficient (Wildman–Crippen LogP) is 0.360. The van der Waals surface area contributed by atoms with Crippen molar-refractivity contribution >= 4 is 17.7 Å². The van der Waals surface area contributed by atoms with E-state index in [0.29, 0.717) is 17.0 Å². The van der Waals surface area contributed by atoms with E-state index in [2.05, 4.69) is 20.8 Å². The summed E-state index contributed by atoms with van der Waals surface area (Å²) in [6.07, 6.45) is 2.21. The largest absolute Gasteiger partial charge is 0.368 e. The molecule has 1 fully saturated rings. The number of carbonyl (C=O) groups is 1. The normalized spacial score (nSPS) is 15.8. The van der Waals surface area contributed by atoms with Gasteiger partial charge in [0.05, 0.1) is 11.7 Å². The van der Waals surface area contributed by atoms with Crippen molar-refractivity contribution in [1.82, 2.24) is 25.5 Å². The van der Waals surface area contributed by atoms with Gasteiger partial charge in [0.15, 0.2) is 0 Å². The minimum absolute atomic E-state index is 0.340. The van der Waals surface area contributed by atoms with Crippen LogP contribution < -0.4 is 11.1 Å².